The topological polar surface area (TPSA) is 102 Å². The van der Waals surface area contributed by atoms with Gasteiger partial charge in [-0.05, 0) is 25.5 Å². The number of aryl methyl sites for hydroxylation is 2. The normalized spacial score (nSPS) is 16.5. The van der Waals surface area contributed by atoms with Crippen LogP contribution in [-0.4, -0.2) is 51.1 Å². The summed E-state index contributed by atoms with van der Waals surface area (Å²) in [6, 6.07) is 11.2. The first kappa shape index (κ1) is 21.4. The number of ether oxygens (including phenoxy) is 1. The lowest BCUT2D eigenvalue weighted by atomic mass is 10.1. The van der Waals surface area contributed by atoms with Crippen molar-refractivity contribution in [2.45, 2.75) is 24.8 Å². The smallest absolute Gasteiger partial charge is 0.273 e. The van der Waals surface area contributed by atoms with Gasteiger partial charge in [0.1, 0.15) is 0 Å². The zero-order valence-electron chi connectivity index (χ0n) is 16.5. The van der Waals surface area contributed by atoms with Crippen LogP contribution in [0.25, 0.3) is 0 Å². The molecule has 2 aromatic rings. The van der Waals surface area contributed by atoms with Gasteiger partial charge in [-0.25, -0.2) is 13.1 Å². The fraction of sp³-hybridized carbons (Fsp3) is 0.400. The van der Waals surface area contributed by atoms with Gasteiger partial charge in [0.15, 0.2) is 0 Å². The molecule has 0 bridgehead atoms. The molecule has 1 aliphatic rings. The third kappa shape index (κ3) is 5.39. The molecule has 9 heteroatoms. The van der Waals surface area contributed by atoms with Crippen molar-refractivity contribution in [1.82, 2.24) is 9.62 Å². The molecule has 8 nitrogen and oxygen atoms in total. The van der Waals surface area contributed by atoms with Crippen molar-refractivity contribution in [3.63, 3.8) is 0 Å². The highest BCUT2D eigenvalue weighted by atomic mass is 32.2. The second kappa shape index (κ2) is 9.00. The molecule has 1 atom stereocenters. The van der Waals surface area contributed by atoms with E-state index in [0.29, 0.717) is 25.3 Å². The van der Waals surface area contributed by atoms with Crippen LogP contribution in [0.3, 0.4) is 0 Å². The van der Waals surface area contributed by atoms with E-state index in [1.807, 2.05) is 31.2 Å². The van der Waals surface area contributed by atoms with Gasteiger partial charge in [-0.1, -0.05) is 35.9 Å². The standard InChI is InChI=1S/C20H25N3O5S/c1-15-3-6-17(7-4-15)19(14-22-9-11-28-12-10-22)21-29(26,27)18-8-5-16(2)20(13-18)23(24)25/h3-8,13,19,21H,9-12,14H2,1-2H3. The molecule has 0 aliphatic carbocycles. The maximum atomic E-state index is 13.0. The first-order chi connectivity index (χ1) is 13.8. The summed E-state index contributed by atoms with van der Waals surface area (Å²) in [7, 11) is -3.95. The Kier molecular flexibility index (Phi) is 6.63. The zero-order valence-corrected chi connectivity index (χ0v) is 17.3. The predicted octanol–water partition coefficient (Wildman–Crippen LogP) is 2.56. The summed E-state index contributed by atoms with van der Waals surface area (Å²) in [6.07, 6.45) is 0. The molecule has 1 heterocycles. The van der Waals surface area contributed by atoms with Crippen molar-refractivity contribution >= 4 is 15.7 Å². The molecule has 1 aliphatic heterocycles. The lowest BCUT2D eigenvalue weighted by molar-refractivity contribution is -0.385. The molecular weight excluding hydrogens is 394 g/mol. The van der Waals surface area contributed by atoms with E-state index in [4.69, 9.17) is 4.74 Å². The van der Waals surface area contributed by atoms with Crippen LogP contribution in [0.15, 0.2) is 47.4 Å². The number of nitrogens with zero attached hydrogens (tertiary/aromatic N) is 2. The monoisotopic (exact) mass is 419 g/mol. The van der Waals surface area contributed by atoms with Crippen molar-refractivity contribution in [1.29, 1.82) is 0 Å². The van der Waals surface area contributed by atoms with Gasteiger partial charge >= 0.3 is 0 Å². The first-order valence-corrected chi connectivity index (χ1v) is 10.9. The quantitative estimate of drug-likeness (QED) is 0.547. The number of morpholine rings is 1. The number of benzene rings is 2. The molecule has 1 unspecified atom stereocenters. The molecular formula is C20H25N3O5S. The lowest BCUT2D eigenvalue weighted by Gasteiger charge is -2.31. The third-order valence-electron chi connectivity index (χ3n) is 5.01. The fourth-order valence-corrected chi connectivity index (χ4v) is 4.50. The summed E-state index contributed by atoms with van der Waals surface area (Å²) in [6.45, 7) is 6.70. The van der Waals surface area contributed by atoms with Gasteiger partial charge < -0.3 is 4.74 Å². The van der Waals surface area contributed by atoms with E-state index >= 15 is 0 Å². The molecule has 0 spiro atoms. The van der Waals surface area contributed by atoms with Crippen LogP contribution in [0.1, 0.15) is 22.7 Å². The maximum Gasteiger partial charge on any atom is 0.273 e. The third-order valence-corrected chi connectivity index (χ3v) is 6.48. The molecule has 0 amide bonds. The van der Waals surface area contributed by atoms with Crippen LogP contribution in [0.2, 0.25) is 0 Å². The maximum absolute atomic E-state index is 13.0. The molecule has 3 rings (SSSR count). The average molecular weight is 420 g/mol. The van der Waals surface area contributed by atoms with Crippen LogP contribution in [0, 0.1) is 24.0 Å². The minimum atomic E-state index is -3.95. The summed E-state index contributed by atoms with van der Waals surface area (Å²) in [4.78, 5) is 12.7. The van der Waals surface area contributed by atoms with Gasteiger partial charge in [-0.3, -0.25) is 15.0 Å². The summed E-state index contributed by atoms with van der Waals surface area (Å²) >= 11 is 0. The summed E-state index contributed by atoms with van der Waals surface area (Å²) in [5.74, 6) is 0. The Hall–Kier alpha value is -2.33. The molecule has 0 radical (unpaired) electrons. The minimum Gasteiger partial charge on any atom is -0.379 e. The number of rotatable bonds is 7. The minimum absolute atomic E-state index is 0.117. The van der Waals surface area contributed by atoms with Gasteiger partial charge in [0, 0.05) is 31.3 Å². The molecule has 1 saturated heterocycles. The van der Waals surface area contributed by atoms with Gasteiger partial charge in [-0.15, -0.1) is 0 Å². The van der Waals surface area contributed by atoms with Crippen molar-refractivity contribution in [2.75, 3.05) is 32.8 Å². The molecule has 156 valence electrons. The highest BCUT2D eigenvalue weighted by Crippen LogP contribution is 2.24. The Labute approximate surface area is 170 Å². The highest BCUT2D eigenvalue weighted by Gasteiger charge is 2.26. The Balaban J connectivity index is 1.90. The van der Waals surface area contributed by atoms with Crippen molar-refractivity contribution in [2.24, 2.45) is 0 Å². The van der Waals surface area contributed by atoms with Crippen molar-refractivity contribution in [3.05, 3.63) is 69.3 Å². The second-order valence-electron chi connectivity index (χ2n) is 7.20. The van der Waals surface area contributed by atoms with Crippen LogP contribution in [0.5, 0.6) is 0 Å². The molecule has 0 aromatic heterocycles. The van der Waals surface area contributed by atoms with Crippen LogP contribution in [0.4, 0.5) is 5.69 Å². The Morgan fingerprint density at radius 2 is 1.79 bits per heavy atom. The van der Waals surface area contributed by atoms with Gasteiger partial charge in [0.2, 0.25) is 10.0 Å². The van der Waals surface area contributed by atoms with Crippen molar-refractivity contribution < 1.29 is 18.1 Å². The van der Waals surface area contributed by atoms with Crippen LogP contribution in [-0.2, 0) is 14.8 Å². The van der Waals surface area contributed by atoms with E-state index in [2.05, 4.69) is 9.62 Å². The SMILES string of the molecule is Cc1ccc(C(CN2CCOCC2)NS(=O)(=O)c2ccc(C)c([N+](=O)[O-])c2)cc1. The van der Waals surface area contributed by atoms with Crippen molar-refractivity contribution in [3.8, 4) is 0 Å². The van der Waals surface area contributed by atoms with E-state index in [9.17, 15) is 18.5 Å². The molecule has 2 aromatic carbocycles. The Morgan fingerprint density at radius 1 is 1.14 bits per heavy atom. The first-order valence-electron chi connectivity index (χ1n) is 9.40. The number of sulfonamides is 1. The van der Waals surface area contributed by atoms with E-state index in [-0.39, 0.29) is 10.6 Å². The lowest BCUT2D eigenvalue weighted by Crippen LogP contribution is -2.43. The van der Waals surface area contributed by atoms with Crippen LogP contribution < -0.4 is 4.72 Å². The second-order valence-corrected chi connectivity index (χ2v) is 8.92. The Morgan fingerprint density at radius 3 is 2.41 bits per heavy atom. The number of nitro groups is 1. The largest absolute Gasteiger partial charge is 0.379 e. The predicted molar refractivity (Wildman–Crippen MR) is 109 cm³/mol. The molecule has 29 heavy (non-hydrogen) atoms. The average Bonchev–Trinajstić information content (AvgIpc) is 2.68. The highest BCUT2D eigenvalue weighted by molar-refractivity contribution is 7.89. The van der Waals surface area contributed by atoms with Crippen LogP contribution >= 0.6 is 0 Å². The Bertz CT molecular complexity index is 970. The zero-order chi connectivity index (χ0) is 21.0. The number of hydrogen-bond donors (Lipinski definition) is 1. The molecule has 1 fully saturated rings. The summed E-state index contributed by atoms with van der Waals surface area (Å²) < 4.78 is 34.2. The summed E-state index contributed by atoms with van der Waals surface area (Å²) in [5, 5.41) is 11.2. The number of nitro benzene ring substituents is 1. The fourth-order valence-electron chi connectivity index (χ4n) is 3.26. The molecule has 1 N–H and O–H groups in total. The number of nitrogens with one attached hydrogen (secondary N) is 1. The van der Waals surface area contributed by atoms with E-state index in [0.717, 1.165) is 30.3 Å². The van der Waals surface area contributed by atoms with E-state index < -0.39 is 21.0 Å². The number of hydrogen-bond acceptors (Lipinski definition) is 6. The van der Waals surface area contributed by atoms with Gasteiger partial charge in [0.25, 0.3) is 5.69 Å². The van der Waals surface area contributed by atoms with E-state index in [1.165, 1.54) is 12.1 Å². The molecule has 0 saturated carbocycles. The summed E-state index contributed by atoms with van der Waals surface area (Å²) in [5.41, 5.74) is 2.12. The van der Waals surface area contributed by atoms with Gasteiger partial charge in [0.05, 0.1) is 29.1 Å². The van der Waals surface area contributed by atoms with Gasteiger partial charge in [-0.2, -0.15) is 0 Å². The van der Waals surface area contributed by atoms with E-state index in [1.54, 1.807) is 6.92 Å².